The summed E-state index contributed by atoms with van der Waals surface area (Å²) < 4.78 is 31.4. The molecule has 22 heavy (non-hydrogen) atoms. The van der Waals surface area contributed by atoms with Crippen LogP contribution in [-0.2, 0) is 6.42 Å². The zero-order chi connectivity index (χ0) is 15.9. The van der Waals surface area contributed by atoms with Crippen LogP contribution < -0.4 is 10.1 Å². The van der Waals surface area contributed by atoms with E-state index in [9.17, 15) is 13.6 Å². The summed E-state index contributed by atoms with van der Waals surface area (Å²) in [6.45, 7) is 2.62. The van der Waals surface area contributed by atoms with Crippen LogP contribution in [0.1, 0.15) is 22.8 Å². The molecule has 0 fully saturated rings. The molecule has 0 aliphatic rings. The summed E-state index contributed by atoms with van der Waals surface area (Å²) in [7, 11) is 0. The predicted octanol–water partition coefficient (Wildman–Crippen LogP) is 3.34. The van der Waals surface area contributed by atoms with Gasteiger partial charge in [-0.3, -0.25) is 4.79 Å². The van der Waals surface area contributed by atoms with Crippen LogP contribution in [-0.4, -0.2) is 19.1 Å². The first-order valence-electron chi connectivity index (χ1n) is 7.05. The Kier molecular flexibility index (Phi) is 5.47. The summed E-state index contributed by atoms with van der Waals surface area (Å²) in [5, 5.41) is 2.59. The van der Waals surface area contributed by atoms with E-state index in [1.165, 1.54) is 11.6 Å². The van der Waals surface area contributed by atoms with Crippen molar-refractivity contribution in [3.05, 3.63) is 65.2 Å². The molecule has 116 valence electrons. The Hall–Kier alpha value is -2.43. The number of rotatable bonds is 6. The van der Waals surface area contributed by atoms with E-state index < -0.39 is 17.5 Å². The van der Waals surface area contributed by atoms with Gasteiger partial charge in [0.05, 0.1) is 6.54 Å². The van der Waals surface area contributed by atoms with Crippen molar-refractivity contribution in [3.63, 3.8) is 0 Å². The lowest BCUT2D eigenvalue weighted by Gasteiger charge is -2.09. The van der Waals surface area contributed by atoms with Gasteiger partial charge in [-0.2, -0.15) is 0 Å². The maximum Gasteiger partial charge on any atom is 0.251 e. The van der Waals surface area contributed by atoms with Gasteiger partial charge in [0.25, 0.3) is 5.91 Å². The molecule has 0 saturated carbocycles. The summed E-state index contributed by atoms with van der Waals surface area (Å²) in [4.78, 5) is 11.8. The average molecular weight is 305 g/mol. The van der Waals surface area contributed by atoms with Crippen LogP contribution >= 0.6 is 0 Å². The Morgan fingerprint density at radius 3 is 2.68 bits per heavy atom. The van der Waals surface area contributed by atoms with E-state index in [2.05, 4.69) is 12.2 Å². The lowest BCUT2D eigenvalue weighted by molar-refractivity contribution is 0.0946. The fourth-order valence-corrected chi connectivity index (χ4v) is 1.93. The first-order chi connectivity index (χ1) is 10.6. The van der Waals surface area contributed by atoms with Crippen LogP contribution in [0.3, 0.4) is 0 Å². The highest BCUT2D eigenvalue weighted by atomic mass is 19.2. The third-order valence-electron chi connectivity index (χ3n) is 3.14. The van der Waals surface area contributed by atoms with Crippen LogP contribution in [0.4, 0.5) is 8.78 Å². The molecule has 0 saturated heterocycles. The van der Waals surface area contributed by atoms with Crippen molar-refractivity contribution in [3.8, 4) is 5.75 Å². The molecule has 0 radical (unpaired) electrons. The second kappa shape index (κ2) is 7.54. The van der Waals surface area contributed by atoms with E-state index in [0.29, 0.717) is 6.61 Å². The molecule has 1 amide bonds. The molecule has 0 atom stereocenters. The number of halogens is 2. The number of benzene rings is 2. The van der Waals surface area contributed by atoms with Crippen molar-refractivity contribution in [2.75, 3.05) is 13.2 Å². The number of hydrogen-bond donors (Lipinski definition) is 1. The van der Waals surface area contributed by atoms with Gasteiger partial charge >= 0.3 is 0 Å². The molecule has 0 spiro atoms. The number of amides is 1. The normalized spacial score (nSPS) is 10.3. The number of carbonyl (C=O) groups is 1. The second-order valence-electron chi connectivity index (χ2n) is 4.73. The van der Waals surface area contributed by atoms with Crippen molar-refractivity contribution >= 4 is 5.91 Å². The zero-order valence-electron chi connectivity index (χ0n) is 12.2. The Bertz CT molecular complexity index is 659. The molecular weight excluding hydrogens is 288 g/mol. The molecule has 0 bridgehead atoms. The minimum Gasteiger partial charge on any atom is -0.492 e. The van der Waals surface area contributed by atoms with Crippen molar-refractivity contribution in [2.45, 2.75) is 13.3 Å². The summed E-state index contributed by atoms with van der Waals surface area (Å²) in [5.74, 6) is -1.75. The van der Waals surface area contributed by atoms with Gasteiger partial charge in [0.15, 0.2) is 11.6 Å². The van der Waals surface area contributed by atoms with Gasteiger partial charge in [0.2, 0.25) is 0 Å². The fraction of sp³-hybridized carbons (Fsp3) is 0.235. The predicted molar refractivity (Wildman–Crippen MR) is 80.0 cm³/mol. The Morgan fingerprint density at radius 2 is 1.95 bits per heavy atom. The van der Waals surface area contributed by atoms with Gasteiger partial charge in [-0.05, 0) is 42.3 Å². The Labute approximate surface area is 127 Å². The molecular formula is C17H17F2NO2. The molecule has 3 nitrogen and oxygen atoms in total. The minimum absolute atomic E-state index is 0.0758. The van der Waals surface area contributed by atoms with Gasteiger partial charge in [-0.25, -0.2) is 8.78 Å². The summed E-state index contributed by atoms with van der Waals surface area (Å²) in [6.07, 6.45) is 0.921. The molecule has 1 N–H and O–H groups in total. The third-order valence-corrected chi connectivity index (χ3v) is 3.14. The summed E-state index contributed by atoms with van der Waals surface area (Å²) >= 11 is 0. The summed E-state index contributed by atoms with van der Waals surface area (Å²) in [6, 6.07) is 10.7. The van der Waals surface area contributed by atoms with Gasteiger partial charge in [-0.15, -0.1) is 0 Å². The standard InChI is InChI=1S/C17H17F2NO2/c1-2-12-4-3-5-14(10-12)22-9-8-20-17(21)13-6-7-15(18)16(19)11-13/h3-7,10-11H,2,8-9H2,1H3,(H,20,21). The molecule has 2 aromatic rings. The molecule has 0 heterocycles. The maximum absolute atomic E-state index is 13.0. The number of nitrogens with one attached hydrogen (secondary N) is 1. The SMILES string of the molecule is CCc1cccc(OCCNC(=O)c2ccc(F)c(F)c2)c1. The van der Waals surface area contributed by atoms with Gasteiger partial charge in [-0.1, -0.05) is 19.1 Å². The number of aryl methyl sites for hydroxylation is 1. The van der Waals surface area contributed by atoms with Crippen molar-refractivity contribution in [1.82, 2.24) is 5.32 Å². The van der Waals surface area contributed by atoms with E-state index in [1.54, 1.807) is 0 Å². The molecule has 2 rings (SSSR count). The van der Waals surface area contributed by atoms with Crippen molar-refractivity contribution in [2.24, 2.45) is 0 Å². The second-order valence-corrected chi connectivity index (χ2v) is 4.73. The van der Waals surface area contributed by atoms with E-state index in [0.717, 1.165) is 24.3 Å². The monoisotopic (exact) mass is 305 g/mol. The highest BCUT2D eigenvalue weighted by Gasteiger charge is 2.09. The lowest BCUT2D eigenvalue weighted by Crippen LogP contribution is -2.28. The summed E-state index contributed by atoms with van der Waals surface area (Å²) in [5.41, 5.74) is 1.25. The topological polar surface area (TPSA) is 38.3 Å². The van der Waals surface area contributed by atoms with E-state index >= 15 is 0 Å². The fourth-order valence-electron chi connectivity index (χ4n) is 1.93. The van der Waals surface area contributed by atoms with Gasteiger partial charge in [0.1, 0.15) is 12.4 Å². The van der Waals surface area contributed by atoms with E-state index in [4.69, 9.17) is 4.74 Å². The molecule has 2 aromatic carbocycles. The molecule has 0 aliphatic carbocycles. The highest BCUT2D eigenvalue weighted by Crippen LogP contribution is 2.13. The Morgan fingerprint density at radius 1 is 1.14 bits per heavy atom. The largest absolute Gasteiger partial charge is 0.492 e. The number of ether oxygens (including phenoxy) is 1. The van der Waals surface area contributed by atoms with Gasteiger partial charge < -0.3 is 10.1 Å². The van der Waals surface area contributed by atoms with Crippen LogP contribution in [0.15, 0.2) is 42.5 Å². The number of hydrogen-bond acceptors (Lipinski definition) is 2. The molecule has 0 aromatic heterocycles. The van der Waals surface area contributed by atoms with E-state index in [1.807, 2.05) is 24.3 Å². The minimum atomic E-state index is -1.04. The van der Waals surface area contributed by atoms with Crippen LogP contribution in [0.5, 0.6) is 5.75 Å². The van der Waals surface area contributed by atoms with Crippen molar-refractivity contribution < 1.29 is 18.3 Å². The smallest absolute Gasteiger partial charge is 0.251 e. The Balaban J connectivity index is 1.80. The maximum atomic E-state index is 13.0. The molecule has 5 heteroatoms. The average Bonchev–Trinajstić information content (AvgIpc) is 2.54. The highest BCUT2D eigenvalue weighted by molar-refractivity contribution is 5.94. The molecule has 0 unspecified atom stereocenters. The molecule has 0 aliphatic heterocycles. The number of carbonyl (C=O) groups excluding carboxylic acids is 1. The first kappa shape index (κ1) is 15.9. The zero-order valence-corrected chi connectivity index (χ0v) is 12.2. The van der Waals surface area contributed by atoms with E-state index in [-0.39, 0.29) is 12.1 Å². The van der Waals surface area contributed by atoms with Gasteiger partial charge in [0, 0.05) is 5.56 Å². The van der Waals surface area contributed by atoms with Crippen LogP contribution in [0.25, 0.3) is 0 Å². The lowest BCUT2D eigenvalue weighted by atomic mass is 10.2. The quantitative estimate of drug-likeness (QED) is 0.831. The van der Waals surface area contributed by atoms with Crippen molar-refractivity contribution in [1.29, 1.82) is 0 Å². The van der Waals surface area contributed by atoms with Crippen LogP contribution in [0.2, 0.25) is 0 Å². The first-order valence-corrected chi connectivity index (χ1v) is 7.05. The third kappa shape index (κ3) is 4.28. The van der Waals surface area contributed by atoms with Crippen LogP contribution in [0, 0.1) is 11.6 Å².